The molecule has 0 spiro atoms. The summed E-state index contributed by atoms with van der Waals surface area (Å²) in [6.45, 7) is 3.34. The van der Waals surface area contributed by atoms with Crippen molar-refractivity contribution < 1.29 is 51.2 Å². The molecule has 1 aliphatic heterocycles. The molecule has 0 bridgehead atoms. The van der Waals surface area contributed by atoms with Gasteiger partial charge in [0.1, 0.15) is 0 Å². The molecule has 0 amide bonds. The lowest BCUT2D eigenvalue weighted by Crippen LogP contribution is -2.15. The van der Waals surface area contributed by atoms with Crippen LogP contribution in [0.1, 0.15) is 20.3 Å². The first-order valence-corrected chi connectivity index (χ1v) is 10.3. The summed E-state index contributed by atoms with van der Waals surface area (Å²) in [6.07, 6.45) is -0.0175. The highest BCUT2D eigenvalue weighted by Gasteiger charge is 2.41. The van der Waals surface area contributed by atoms with Crippen molar-refractivity contribution in [2.45, 2.75) is 32.5 Å². The Morgan fingerprint density at radius 3 is 2.05 bits per heavy atom. The van der Waals surface area contributed by atoms with Gasteiger partial charge >= 0.3 is 23.5 Å². The summed E-state index contributed by atoms with van der Waals surface area (Å²) in [5, 5.41) is 0. The van der Waals surface area contributed by atoms with Gasteiger partial charge in [0.15, 0.2) is 0 Å². The summed E-state index contributed by atoms with van der Waals surface area (Å²) >= 11 is 0. The Kier molecular flexibility index (Phi) is 6.35. The normalized spacial score (nSPS) is 32.6. The van der Waals surface area contributed by atoms with E-state index in [9.17, 15) is 18.6 Å². The molecular formula is C7H17O11P3. The van der Waals surface area contributed by atoms with Gasteiger partial charge in [-0.3, -0.25) is 4.52 Å². The Morgan fingerprint density at radius 1 is 1.05 bits per heavy atom. The van der Waals surface area contributed by atoms with E-state index in [1.807, 2.05) is 13.8 Å². The van der Waals surface area contributed by atoms with E-state index in [0.29, 0.717) is 6.42 Å². The van der Waals surface area contributed by atoms with Gasteiger partial charge in [0.25, 0.3) is 0 Å². The Hall–Kier alpha value is 0.370. The van der Waals surface area contributed by atoms with Crippen LogP contribution in [-0.2, 0) is 31.6 Å². The van der Waals surface area contributed by atoms with Gasteiger partial charge in [-0.2, -0.15) is 8.62 Å². The number of hydrogen-bond acceptors (Lipinski definition) is 7. The number of rotatable bonds is 7. The summed E-state index contributed by atoms with van der Waals surface area (Å²) in [6, 6.07) is 0. The highest BCUT2D eigenvalue weighted by molar-refractivity contribution is 7.66. The van der Waals surface area contributed by atoms with Crippen LogP contribution in [0.15, 0.2) is 0 Å². The average molecular weight is 370 g/mol. The Morgan fingerprint density at radius 2 is 1.62 bits per heavy atom. The molecule has 21 heavy (non-hydrogen) atoms. The van der Waals surface area contributed by atoms with Crippen molar-refractivity contribution in [3.05, 3.63) is 0 Å². The molecule has 1 fully saturated rings. The maximum Gasteiger partial charge on any atom is 0.490 e. The minimum Gasteiger partial charge on any atom is -0.373 e. The molecule has 1 saturated heterocycles. The quantitative estimate of drug-likeness (QED) is 0.474. The third kappa shape index (κ3) is 7.45. The van der Waals surface area contributed by atoms with E-state index in [4.69, 9.17) is 19.4 Å². The van der Waals surface area contributed by atoms with E-state index in [1.54, 1.807) is 0 Å². The zero-order valence-electron chi connectivity index (χ0n) is 11.1. The molecule has 5 unspecified atom stereocenters. The maximum atomic E-state index is 11.4. The summed E-state index contributed by atoms with van der Waals surface area (Å²) in [5.74, 6) is 0.208. The first-order valence-electron chi connectivity index (χ1n) is 5.73. The summed E-state index contributed by atoms with van der Waals surface area (Å²) in [5.41, 5.74) is 0. The molecule has 0 aromatic heterocycles. The second-order valence-corrected chi connectivity index (χ2v) is 8.98. The third-order valence-electron chi connectivity index (χ3n) is 2.68. The molecule has 5 atom stereocenters. The number of ether oxygens (including phenoxy) is 1. The Bertz CT molecular complexity index is 490. The van der Waals surface area contributed by atoms with Crippen LogP contribution in [0.3, 0.4) is 0 Å². The van der Waals surface area contributed by atoms with Gasteiger partial charge < -0.3 is 24.3 Å². The van der Waals surface area contributed by atoms with Crippen LogP contribution in [0.2, 0.25) is 0 Å². The first kappa shape index (κ1) is 19.4. The molecule has 0 aromatic carbocycles. The SMILES string of the molecule is CC1CC(COP(=O)(O)OP(=O)(O)OP(=O)(O)O)OC1C. The highest BCUT2D eigenvalue weighted by Crippen LogP contribution is 2.66. The van der Waals surface area contributed by atoms with E-state index in [-0.39, 0.29) is 12.0 Å². The maximum absolute atomic E-state index is 11.4. The molecule has 11 nitrogen and oxygen atoms in total. The minimum atomic E-state index is -5.46. The average Bonchev–Trinajstić information content (AvgIpc) is 2.50. The molecule has 1 aliphatic rings. The van der Waals surface area contributed by atoms with Gasteiger partial charge in [-0.1, -0.05) is 6.92 Å². The number of hydrogen-bond donors (Lipinski definition) is 4. The Balaban J connectivity index is 2.52. The fraction of sp³-hybridized carbons (Fsp3) is 1.00. The van der Waals surface area contributed by atoms with Crippen molar-refractivity contribution in [3.63, 3.8) is 0 Å². The van der Waals surface area contributed by atoms with Crippen molar-refractivity contribution in [2.24, 2.45) is 5.92 Å². The van der Waals surface area contributed by atoms with Crippen molar-refractivity contribution >= 4 is 23.5 Å². The van der Waals surface area contributed by atoms with Crippen LogP contribution >= 0.6 is 23.5 Å². The van der Waals surface area contributed by atoms with E-state index >= 15 is 0 Å². The molecule has 0 radical (unpaired) electrons. The van der Waals surface area contributed by atoms with Crippen LogP contribution in [0.25, 0.3) is 0 Å². The van der Waals surface area contributed by atoms with Gasteiger partial charge in [0.2, 0.25) is 0 Å². The summed E-state index contributed by atoms with van der Waals surface area (Å²) < 4.78 is 49.9. The van der Waals surface area contributed by atoms with Gasteiger partial charge in [-0.05, 0) is 19.3 Å². The van der Waals surface area contributed by atoms with Gasteiger partial charge in [0.05, 0.1) is 18.8 Å². The second kappa shape index (κ2) is 6.86. The molecule has 1 heterocycles. The predicted molar refractivity (Wildman–Crippen MR) is 67.9 cm³/mol. The van der Waals surface area contributed by atoms with Crippen LogP contribution < -0.4 is 0 Å². The van der Waals surface area contributed by atoms with Crippen molar-refractivity contribution in [3.8, 4) is 0 Å². The van der Waals surface area contributed by atoms with Crippen molar-refractivity contribution in [1.29, 1.82) is 0 Å². The third-order valence-corrected chi connectivity index (χ3v) is 6.49. The van der Waals surface area contributed by atoms with Crippen LogP contribution in [-0.4, -0.2) is 38.4 Å². The summed E-state index contributed by atoms with van der Waals surface area (Å²) in [4.78, 5) is 34.9. The minimum absolute atomic E-state index is 0.0699. The lowest BCUT2D eigenvalue weighted by Gasteiger charge is -2.17. The van der Waals surface area contributed by atoms with Crippen molar-refractivity contribution in [1.82, 2.24) is 0 Å². The standard InChI is InChI=1S/C7H17O11P3/c1-5-3-7(16-6(5)2)4-15-20(11,12)18-21(13,14)17-19(8,9)10/h5-7H,3-4H2,1-2H3,(H,11,12)(H,13,14)(H2,8,9,10). The summed E-state index contributed by atoms with van der Waals surface area (Å²) in [7, 11) is -15.9. The molecule has 0 aliphatic carbocycles. The van der Waals surface area contributed by atoms with E-state index in [1.165, 1.54) is 0 Å². The lowest BCUT2D eigenvalue weighted by molar-refractivity contribution is 0.0138. The molecule has 0 saturated carbocycles. The molecular weight excluding hydrogens is 353 g/mol. The monoisotopic (exact) mass is 370 g/mol. The van der Waals surface area contributed by atoms with E-state index in [2.05, 4.69) is 13.1 Å². The smallest absolute Gasteiger partial charge is 0.373 e. The topological polar surface area (TPSA) is 169 Å². The van der Waals surface area contributed by atoms with Crippen LogP contribution in [0.5, 0.6) is 0 Å². The van der Waals surface area contributed by atoms with Gasteiger partial charge in [0, 0.05) is 0 Å². The van der Waals surface area contributed by atoms with Crippen molar-refractivity contribution in [2.75, 3.05) is 6.61 Å². The largest absolute Gasteiger partial charge is 0.490 e. The lowest BCUT2D eigenvalue weighted by atomic mass is 10.0. The fourth-order valence-electron chi connectivity index (χ4n) is 1.69. The number of phosphoric acid groups is 3. The Labute approximate surface area is 120 Å². The molecule has 0 aromatic rings. The molecule has 126 valence electrons. The molecule has 1 rings (SSSR count). The van der Waals surface area contributed by atoms with Gasteiger partial charge in [-0.25, -0.2) is 13.7 Å². The zero-order chi connectivity index (χ0) is 16.5. The van der Waals surface area contributed by atoms with Crippen LogP contribution in [0.4, 0.5) is 0 Å². The molecule has 14 heteroatoms. The highest BCUT2D eigenvalue weighted by atomic mass is 31.3. The first-order chi connectivity index (χ1) is 9.30. The van der Waals surface area contributed by atoms with E-state index in [0.717, 1.165) is 0 Å². The number of phosphoric ester groups is 1. The predicted octanol–water partition coefficient (Wildman–Crippen LogP) is 1.14. The fourth-order valence-corrected chi connectivity index (χ4v) is 4.74. The molecule has 4 N–H and O–H groups in total. The zero-order valence-corrected chi connectivity index (χ0v) is 13.8. The van der Waals surface area contributed by atoms with Crippen LogP contribution in [0, 0.1) is 5.92 Å². The van der Waals surface area contributed by atoms with E-state index < -0.39 is 36.2 Å². The second-order valence-electron chi connectivity index (χ2n) is 4.56. The van der Waals surface area contributed by atoms with Gasteiger partial charge in [-0.15, -0.1) is 0 Å².